The van der Waals surface area contributed by atoms with Crippen LogP contribution in [0.2, 0.25) is 0 Å². The Morgan fingerprint density at radius 1 is 1.21 bits per heavy atom. The molecule has 3 aromatic heterocycles. The van der Waals surface area contributed by atoms with E-state index in [0.717, 1.165) is 27.2 Å². The highest BCUT2D eigenvalue weighted by molar-refractivity contribution is 7.14. The van der Waals surface area contributed by atoms with Crippen LogP contribution >= 0.6 is 22.7 Å². The third-order valence-corrected chi connectivity index (χ3v) is 5.25. The average Bonchev–Trinajstić information content (AvgIpc) is 3.23. The minimum absolute atomic E-state index is 0.350. The molecule has 0 amide bonds. The monoisotopic (exact) mass is 355 g/mol. The first-order chi connectivity index (χ1) is 11.7. The van der Waals surface area contributed by atoms with Crippen LogP contribution in [0, 0.1) is 6.92 Å². The van der Waals surface area contributed by atoms with E-state index in [1.165, 1.54) is 6.07 Å². The summed E-state index contributed by atoms with van der Waals surface area (Å²) in [6.07, 6.45) is 0. The molecule has 4 aromatic rings. The number of thiazole rings is 1. The van der Waals surface area contributed by atoms with E-state index in [1.54, 1.807) is 28.7 Å². The zero-order valence-electron chi connectivity index (χ0n) is 12.8. The van der Waals surface area contributed by atoms with E-state index >= 15 is 0 Å². The lowest BCUT2D eigenvalue weighted by Crippen LogP contribution is -1.99. The number of hydrogen-bond acceptors (Lipinski definition) is 6. The molecule has 120 valence electrons. The molecule has 1 aromatic carbocycles. The van der Waals surface area contributed by atoms with Gasteiger partial charge in [0.2, 0.25) is 0 Å². The standard InChI is InChI=1S/C18H13NO3S2/c1-11-6-17(20)22-16-7-14(2-3-15(11)16)21-8-13-10-24-18(19-13)12-4-5-23-9-12/h2-7,9-10H,8H2,1H3. The largest absolute Gasteiger partial charge is 0.487 e. The fourth-order valence-corrected chi connectivity index (χ4v) is 3.96. The molecule has 0 aliphatic heterocycles. The number of benzene rings is 1. The minimum Gasteiger partial charge on any atom is -0.487 e. The molecule has 6 heteroatoms. The molecule has 4 rings (SSSR count). The highest BCUT2D eigenvalue weighted by atomic mass is 32.1. The number of nitrogens with zero attached hydrogens (tertiary/aromatic N) is 1. The summed E-state index contributed by atoms with van der Waals surface area (Å²) in [5, 5.41) is 8.03. The molecule has 0 spiro atoms. The third kappa shape index (κ3) is 2.98. The van der Waals surface area contributed by atoms with Gasteiger partial charge < -0.3 is 9.15 Å². The fraction of sp³-hybridized carbons (Fsp3) is 0.111. The maximum atomic E-state index is 11.5. The number of thiophene rings is 1. The quantitative estimate of drug-likeness (QED) is 0.490. The second kappa shape index (κ2) is 6.22. The summed E-state index contributed by atoms with van der Waals surface area (Å²) < 4.78 is 11.0. The van der Waals surface area contributed by atoms with E-state index in [2.05, 4.69) is 16.4 Å². The van der Waals surface area contributed by atoms with Crippen LogP contribution in [0.5, 0.6) is 5.75 Å². The molecule has 0 saturated heterocycles. The molecule has 4 nitrogen and oxygen atoms in total. The molecule has 0 atom stereocenters. The van der Waals surface area contributed by atoms with Crippen LogP contribution in [0.25, 0.3) is 21.5 Å². The lowest BCUT2D eigenvalue weighted by molar-refractivity contribution is 0.302. The zero-order chi connectivity index (χ0) is 16.5. The van der Waals surface area contributed by atoms with Crippen molar-refractivity contribution in [3.63, 3.8) is 0 Å². The van der Waals surface area contributed by atoms with Crippen molar-refractivity contribution in [3.05, 3.63) is 68.1 Å². The van der Waals surface area contributed by atoms with Crippen LogP contribution in [-0.2, 0) is 6.61 Å². The molecule has 0 fully saturated rings. The van der Waals surface area contributed by atoms with Crippen molar-refractivity contribution in [3.8, 4) is 16.3 Å². The molecule has 24 heavy (non-hydrogen) atoms. The molecule has 0 saturated carbocycles. The number of aryl methyl sites for hydroxylation is 1. The van der Waals surface area contributed by atoms with Crippen LogP contribution < -0.4 is 10.4 Å². The lowest BCUT2D eigenvalue weighted by atomic mass is 10.1. The second-order valence-corrected chi connectivity index (χ2v) is 6.99. The first kappa shape index (κ1) is 15.1. The smallest absolute Gasteiger partial charge is 0.336 e. The summed E-state index contributed by atoms with van der Waals surface area (Å²) >= 11 is 3.26. The normalized spacial score (nSPS) is 11.0. The topological polar surface area (TPSA) is 52.3 Å². The Bertz CT molecular complexity index is 1050. The van der Waals surface area contributed by atoms with Crippen molar-refractivity contribution in [2.45, 2.75) is 13.5 Å². The summed E-state index contributed by atoms with van der Waals surface area (Å²) in [5.74, 6) is 0.654. The van der Waals surface area contributed by atoms with Gasteiger partial charge in [-0.05, 0) is 36.1 Å². The Morgan fingerprint density at radius 3 is 2.96 bits per heavy atom. The summed E-state index contributed by atoms with van der Waals surface area (Å²) in [6.45, 7) is 2.27. The van der Waals surface area contributed by atoms with E-state index in [9.17, 15) is 4.79 Å². The van der Waals surface area contributed by atoms with Gasteiger partial charge in [0.1, 0.15) is 22.9 Å². The van der Waals surface area contributed by atoms with Crippen LogP contribution in [-0.4, -0.2) is 4.98 Å². The number of fused-ring (bicyclic) bond motifs is 1. The van der Waals surface area contributed by atoms with Gasteiger partial charge in [0, 0.05) is 33.8 Å². The van der Waals surface area contributed by atoms with Gasteiger partial charge >= 0.3 is 5.63 Å². The van der Waals surface area contributed by atoms with Gasteiger partial charge in [0.05, 0.1) is 5.69 Å². The summed E-state index contributed by atoms with van der Waals surface area (Å²) in [7, 11) is 0. The van der Waals surface area contributed by atoms with Gasteiger partial charge in [-0.1, -0.05) is 0 Å². The summed E-state index contributed by atoms with van der Waals surface area (Å²) in [4.78, 5) is 16.1. The average molecular weight is 355 g/mol. The molecule has 0 bridgehead atoms. The van der Waals surface area contributed by atoms with Crippen LogP contribution in [0.1, 0.15) is 11.3 Å². The predicted octanol–water partition coefficient (Wildman–Crippen LogP) is 4.87. The Hall–Kier alpha value is -2.44. The molecular weight excluding hydrogens is 342 g/mol. The van der Waals surface area contributed by atoms with Gasteiger partial charge in [-0.15, -0.1) is 11.3 Å². The number of hydrogen-bond donors (Lipinski definition) is 0. The molecule has 0 aliphatic carbocycles. The van der Waals surface area contributed by atoms with Crippen molar-refractivity contribution >= 4 is 33.6 Å². The first-order valence-corrected chi connectivity index (χ1v) is 9.15. The lowest BCUT2D eigenvalue weighted by Gasteiger charge is -2.06. The van der Waals surface area contributed by atoms with Gasteiger partial charge in [-0.25, -0.2) is 9.78 Å². The Labute approximate surface area is 146 Å². The Morgan fingerprint density at radius 2 is 2.12 bits per heavy atom. The predicted molar refractivity (Wildman–Crippen MR) is 97.0 cm³/mol. The number of aromatic nitrogens is 1. The van der Waals surface area contributed by atoms with Crippen LogP contribution in [0.4, 0.5) is 0 Å². The first-order valence-electron chi connectivity index (χ1n) is 7.33. The Balaban J connectivity index is 1.54. The highest BCUT2D eigenvalue weighted by Crippen LogP contribution is 2.27. The molecule has 3 heterocycles. The van der Waals surface area contributed by atoms with Crippen molar-refractivity contribution in [2.75, 3.05) is 0 Å². The van der Waals surface area contributed by atoms with Gasteiger partial charge in [-0.3, -0.25) is 0 Å². The fourth-order valence-electron chi connectivity index (χ4n) is 2.44. The Kier molecular flexibility index (Phi) is 3.92. The molecule has 0 N–H and O–H groups in total. The molecule has 0 radical (unpaired) electrons. The van der Waals surface area contributed by atoms with Gasteiger partial charge in [0.25, 0.3) is 0 Å². The third-order valence-electron chi connectivity index (χ3n) is 3.63. The van der Waals surface area contributed by atoms with Gasteiger partial charge in [0.15, 0.2) is 0 Å². The maximum absolute atomic E-state index is 11.5. The van der Waals surface area contributed by atoms with Crippen LogP contribution in [0.15, 0.2) is 55.7 Å². The van der Waals surface area contributed by atoms with Crippen molar-refractivity contribution < 1.29 is 9.15 Å². The molecule has 0 aliphatic rings. The van der Waals surface area contributed by atoms with E-state index in [4.69, 9.17) is 9.15 Å². The summed E-state index contributed by atoms with van der Waals surface area (Å²) in [6, 6.07) is 9.07. The zero-order valence-corrected chi connectivity index (χ0v) is 14.4. The second-order valence-electron chi connectivity index (χ2n) is 5.35. The van der Waals surface area contributed by atoms with Crippen LogP contribution in [0.3, 0.4) is 0 Å². The van der Waals surface area contributed by atoms with Crippen molar-refractivity contribution in [1.82, 2.24) is 4.98 Å². The van der Waals surface area contributed by atoms with E-state index in [1.807, 2.05) is 29.8 Å². The van der Waals surface area contributed by atoms with Crippen molar-refractivity contribution in [1.29, 1.82) is 0 Å². The number of rotatable bonds is 4. The SMILES string of the molecule is Cc1cc(=O)oc2cc(OCc3csc(-c4ccsc4)n3)ccc12. The van der Waals surface area contributed by atoms with Gasteiger partial charge in [-0.2, -0.15) is 11.3 Å². The van der Waals surface area contributed by atoms with Crippen molar-refractivity contribution in [2.24, 2.45) is 0 Å². The summed E-state index contributed by atoms with van der Waals surface area (Å²) in [5.41, 5.74) is 3.10. The minimum atomic E-state index is -0.350. The van der Waals surface area contributed by atoms with E-state index < -0.39 is 0 Å². The maximum Gasteiger partial charge on any atom is 0.336 e. The van der Waals surface area contributed by atoms with E-state index in [0.29, 0.717) is 17.9 Å². The number of ether oxygens (including phenoxy) is 1. The highest BCUT2D eigenvalue weighted by Gasteiger charge is 2.07. The molecule has 0 unspecified atom stereocenters. The van der Waals surface area contributed by atoms with E-state index in [-0.39, 0.29) is 5.63 Å². The molecular formula is C18H13NO3S2.